The molecule has 0 saturated carbocycles. The van der Waals surface area contributed by atoms with E-state index in [-0.39, 0.29) is 11.8 Å². The quantitative estimate of drug-likeness (QED) is 0.539. The number of methoxy groups -OCH3 is 1. The molecule has 26 heavy (non-hydrogen) atoms. The highest BCUT2D eigenvalue weighted by molar-refractivity contribution is 7.80. The van der Waals surface area contributed by atoms with E-state index in [4.69, 9.17) is 17.0 Å². The molecule has 1 amide bonds. The number of nitrogens with zero attached hydrogens (tertiary/aromatic N) is 1. The maximum absolute atomic E-state index is 12.2. The Morgan fingerprint density at radius 1 is 1.19 bits per heavy atom. The zero-order chi connectivity index (χ0) is 18.8. The van der Waals surface area contributed by atoms with Crippen LogP contribution in [0.5, 0.6) is 5.75 Å². The second-order valence-corrected chi connectivity index (χ2v) is 7.15. The molecule has 0 aromatic heterocycles. The first-order valence-electron chi connectivity index (χ1n) is 9.57. The van der Waals surface area contributed by atoms with Gasteiger partial charge in [-0.05, 0) is 49.2 Å². The van der Waals surface area contributed by atoms with Gasteiger partial charge in [-0.2, -0.15) is 0 Å². The molecule has 1 saturated heterocycles. The van der Waals surface area contributed by atoms with Crippen LogP contribution in [0.15, 0.2) is 24.3 Å². The fourth-order valence-corrected chi connectivity index (χ4v) is 3.36. The number of benzene rings is 1. The standard InChI is InChI=1S/C20H31N3O2S/c1-3-4-5-12-21-19(24)17-10-13-23(14-11-17)20(26)22-15-16-6-8-18(25-2)9-7-16/h6-9,17H,3-5,10-15H2,1-2H3,(H,21,24)(H,22,26). The molecule has 5 nitrogen and oxygen atoms in total. The van der Waals surface area contributed by atoms with E-state index in [0.29, 0.717) is 6.54 Å². The van der Waals surface area contributed by atoms with Gasteiger partial charge in [-0.25, -0.2) is 0 Å². The van der Waals surface area contributed by atoms with Crippen molar-refractivity contribution in [2.75, 3.05) is 26.7 Å². The summed E-state index contributed by atoms with van der Waals surface area (Å²) in [6, 6.07) is 7.96. The largest absolute Gasteiger partial charge is 0.497 e. The maximum atomic E-state index is 12.2. The number of unbranched alkanes of at least 4 members (excludes halogenated alkanes) is 2. The van der Waals surface area contributed by atoms with Gasteiger partial charge in [0.1, 0.15) is 5.75 Å². The van der Waals surface area contributed by atoms with Crippen molar-refractivity contribution in [3.63, 3.8) is 0 Å². The first-order chi connectivity index (χ1) is 12.6. The molecule has 0 aliphatic carbocycles. The van der Waals surface area contributed by atoms with E-state index >= 15 is 0 Å². The van der Waals surface area contributed by atoms with E-state index in [2.05, 4.69) is 22.5 Å². The Labute approximate surface area is 162 Å². The average molecular weight is 378 g/mol. The van der Waals surface area contributed by atoms with Gasteiger partial charge in [0.05, 0.1) is 7.11 Å². The maximum Gasteiger partial charge on any atom is 0.223 e. The zero-order valence-corrected chi connectivity index (χ0v) is 16.7. The van der Waals surface area contributed by atoms with Gasteiger partial charge >= 0.3 is 0 Å². The molecule has 0 spiro atoms. The number of rotatable bonds is 8. The number of likely N-dealkylation sites (tertiary alicyclic amines) is 1. The van der Waals surface area contributed by atoms with E-state index in [1.54, 1.807) is 7.11 Å². The van der Waals surface area contributed by atoms with Crippen LogP contribution in [-0.2, 0) is 11.3 Å². The Hall–Kier alpha value is -1.82. The third-order valence-electron chi connectivity index (χ3n) is 4.84. The third kappa shape index (κ3) is 6.48. The lowest BCUT2D eigenvalue weighted by Crippen LogP contribution is -2.46. The molecule has 144 valence electrons. The summed E-state index contributed by atoms with van der Waals surface area (Å²) in [7, 11) is 1.66. The average Bonchev–Trinajstić information content (AvgIpc) is 2.69. The van der Waals surface area contributed by atoms with Crippen molar-refractivity contribution in [1.82, 2.24) is 15.5 Å². The predicted octanol–water partition coefficient (Wildman–Crippen LogP) is 3.09. The highest BCUT2D eigenvalue weighted by Crippen LogP contribution is 2.18. The molecule has 1 fully saturated rings. The topological polar surface area (TPSA) is 53.6 Å². The Morgan fingerprint density at radius 3 is 2.50 bits per heavy atom. The van der Waals surface area contributed by atoms with Gasteiger partial charge in [0, 0.05) is 32.1 Å². The number of piperidine rings is 1. The first kappa shape index (κ1) is 20.5. The summed E-state index contributed by atoms with van der Waals surface area (Å²) < 4.78 is 5.17. The van der Waals surface area contributed by atoms with E-state index in [1.807, 2.05) is 24.3 Å². The van der Waals surface area contributed by atoms with Gasteiger partial charge in [0.25, 0.3) is 0 Å². The van der Waals surface area contributed by atoms with Crippen molar-refractivity contribution in [2.45, 2.75) is 45.6 Å². The fourth-order valence-electron chi connectivity index (χ4n) is 3.11. The van der Waals surface area contributed by atoms with E-state index in [1.165, 1.54) is 12.8 Å². The van der Waals surface area contributed by atoms with Crippen LogP contribution in [0.3, 0.4) is 0 Å². The molecular weight excluding hydrogens is 346 g/mol. The smallest absolute Gasteiger partial charge is 0.223 e. The summed E-state index contributed by atoms with van der Waals surface area (Å²) in [6.45, 7) is 5.33. The Morgan fingerprint density at radius 2 is 1.88 bits per heavy atom. The molecule has 1 aliphatic heterocycles. The molecule has 0 radical (unpaired) electrons. The Balaban J connectivity index is 1.67. The minimum atomic E-state index is 0.122. The van der Waals surface area contributed by atoms with Gasteiger partial charge < -0.3 is 20.3 Å². The van der Waals surface area contributed by atoms with Crippen LogP contribution in [0.4, 0.5) is 0 Å². The van der Waals surface area contributed by atoms with Crippen LogP contribution in [0.1, 0.15) is 44.6 Å². The summed E-state index contributed by atoms with van der Waals surface area (Å²) >= 11 is 5.51. The first-order valence-corrected chi connectivity index (χ1v) is 9.98. The van der Waals surface area contributed by atoms with Gasteiger partial charge in [-0.3, -0.25) is 4.79 Å². The molecular formula is C20H31N3O2S. The minimum absolute atomic E-state index is 0.122. The van der Waals surface area contributed by atoms with Crippen LogP contribution >= 0.6 is 12.2 Å². The lowest BCUT2D eigenvalue weighted by molar-refractivity contribution is -0.126. The van der Waals surface area contributed by atoms with Crippen molar-refractivity contribution in [1.29, 1.82) is 0 Å². The zero-order valence-electron chi connectivity index (χ0n) is 15.9. The van der Waals surface area contributed by atoms with Crippen LogP contribution < -0.4 is 15.4 Å². The SMILES string of the molecule is CCCCCNC(=O)C1CCN(C(=S)NCc2ccc(OC)cc2)CC1. The highest BCUT2D eigenvalue weighted by atomic mass is 32.1. The van der Waals surface area contributed by atoms with Crippen molar-refractivity contribution in [2.24, 2.45) is 5.92 Å². The lowest BCUT2D eigenvalue weighted by Gasteiger charge is -2.33. The number of carbonyl (C=O) groups is 1. The predicted molar refractivity (Wildman–Crippen MR) is 109 cm³/mol. The second kappa shape index (κ2) is 11.0. The van der Waals surface area contributed by atoms with E-state index in [9.17, 15) is 4.79 Å². The number of amides is 1. The third-order valence-corrected chi connectivity index (χ3v) is 5.24. The summed E-state index contributed by atoms with van der Waals surface area (Å²) in [5.41, 5.74) is 1.16. The number of ether oxygens (including phenoxy) is 1. The summed E-state index contributed by atoms with van der Waals surface area (Å²) in [4.78, 5) is 14.4. The fraction of sp³-hybridized carbons (Fsp3) is 0.600. The molecule has 1 aromatic rings. The molecule has 0 atom stereocenters. The van der Waals surface area contributed by atoms with Crippen molar-refractivity contribution >= 4 is 23.2 Å². The van der Waals surface area contributed by atoms with Crippen LogP contribution in [0.25, 0.3) is 0 Å². The van der Waals surface area contributed by atoms with Gasteiger partial charge in [0.15, 0.2) is 5.11 Å². The number of carbonyl (C=O) groups excluding carboxylic acids is 1. The monoisotopic (exact) mass is 377 g/mol. The lowest BCUT2D eigenvalue weighted by atomic mass is 9.96. The molecule has 1 aromatic carbocycles. The van der Waals surface area contributed by atoms with E-state index < -0.39 is 0 Å². The normalized spacial score (nSPS) is 14.8. The second-order valence-electron chi connectivity index (χ2n) is 6.77. The Kier molecular flexibility index (Phi) is 8.68. The van der Waals surface area contributed by atoms with Crippen molar-refractivity contribution in [3.05, 3.63) is 29.8 Å². The van der Waals surface area contributed by atoms with E-state index in [0.717, 1.165) is 55.3 Å². The summed E-state index contributed by atoms with van der Waals surface area (Å²) in [5.74, 6) is 1.18. The molecule has 2 N–H and O–H groups in total. The Bertz CT molecular complexity index is 569. The van der Waals surface area contributed by atoms with Crippen LogP contribution in [-0.4, -0.2) is 42.7 Å². The highest BCUT2D eigenvalue weighted by Gasteiger charge is 2.25. The summed E-state index contributed by atoms with van der Waals surface area (Å²) in [6.07, 6.45) is 5.15. The van der Waals surface area contributed by atoms with Crippen molar-refractivity contribution in [3.8, 4) is 5.75 Å². The number of hydrogen-bond donors (Lipinski definition) is 2. The van der Waals surface area contributed by atoms with Crippen LogP contribution in [0, 0.1) is 5.92 Å². The van der Waals surface area contributed by atoms with Gasteiger partial charge in [-0.1, -0.05) is 31.9 Å². The van der Waals surface area contributed by atoms with Gasteiger partial charge in [0.2, 0.25) is 5.91 Å². The molecule has 0 bridgehead atoms. The molecule has 1 heterocycles. The van der Waals surface area contributed by atoms with Crippen LogP contribution in [0.2, 0.25) is 0 Å². The minimum Gasteiger partial charge on any atom is -0.497 e. The number of thiocarbonyl (C=S) groups is 1. The molecule has 1 aliphatic rings. The van der Waals surface area contributed by atoms with Gasteiger partial charge in [-0.15, -0.1) is 0 Å². The summed E-state index contributed by atoms with van der Waals surface area (Å²) in [5, 5.41) is 7.15. The molecule has 6 heteroatoms. The van der Waals surface area contributed by atoms with Crippen molar-refractivity contribution < 1.29 is 9.53 Å². The number of hydrogen-bond acceptors (Lipinski definition) is 3. The molecule has 2 rings (SSSR count). The molecule has 0 unspecified atom stereocenters. The number of nitrogens with one attached hydrogen (secondary N) is 2.